The average Bonchev–Trinajstić information content (AvgIpc) is 2.50. The van der Waals surface area contributed by atoms with Crippen molar-refractivity contribution < 1.29 is 9.90 Å². The molecule has 1 N–H and O–H groups in total. The molecule has 1 aromatic heterocycles. The van der Waals surface area contributed by atoms with Gasteiger partial charge in [-0.1, -0.05) is 0 Å². The Balaban J connectivity index is 1.81. The van der Waals surface area contributed by atoms with Crippen molar-refractivity contribution in [2.24, 2.45) is 5.41 Å². The van der Waals surface area contributed by atoms with Gasteiger partial charge in [0.15, 0.2) is 0 Å². The van der Waals surface area contributed by atoms with Gasteiger partial charge in [-0.2, -0.15) is 0 Å². The number of carbonyl (C=O) groups is 1. The number of aliphatic hydroxyl groups excluding tert-OH is 1. The van der Waals surface area contributed by atoms with Crippen molar-refractivity contribution in [3.05, 3.63) is 23.3 Å². The van der Waals surface area contributed by atoms with E-state index in [-0.39, 0.29) is 17.4 Å². The third-order valence-corrected chi connectivity index (χ3v) is 5.16. The lowest BCUT2D eigenvalue weighted by molar-refractivity contribution is -0.0731. The van der Waals surface area contributed by atoms with E-state index in [2.05, 4.69) is 21.9 Å². The molecule has 1 aromatic rings. The topological polar surface area (TPSA) is 69.6 Å². The van der Waals surface area contributed by atoms with Crippen molar-refractivity contribution in [1.82, 2.24) is 19.8 Å². The van der Waals surface area contributed by atoms with Gasteiger partial charge in [-0.05, 0) is 46.2 Å². The lowest BCUT2D eigenvalue weighted by Gasteiger charge is -2.50. The smallest absolute Gasteiger partial charge is 0.272 e. The van der Waals surface area contributed by atoms with Crippen LogP contribution >= 0.6 is 0 Å². The van der Waals surface area contributed by atoms with E-state index in [9.17, 15) is 9.90 Å². The Morgan fingerprint density at radius 1 is 1.30 bits per heavy atom. The van der Waals surface area contributed by atoms with Crippen LogP contribution < -0.4 is 0 Å². The largest absolute Gasteiger partial charge is 0.392 e. The molecule has 2 atom stereocenters. The lowest BCUT2D eigenvalue weighted by atomic mass is 9.71. The zero-order chi connectivity index (χ0) is 16.6. The highest BCUT2D eigenvalue weighted by atomic mass is 16.3. The SMILES string of the molecule is Cc1cc(C(=O)N2CCC[C@]3(CN(C)CC[C@@H]3O)C2)nc(C)n1. The number of rotatable bonds is 1. The lowest BCUT2D eigenvalue weighted by Crippen LogP contribution is -2.59. The average molecular weight is 318 g/mol. The van der Waals surface area contributed by atoms with E-state index < -0.39 is 0 Å². The molecule has 126 valence electrons. The van der Waals surface area contributed by atoms with Gasteiger partial charge in [-0.3, -0.25) is 4.79 Å². The molecule has 0 radical (unpaired) electrons. The van der Waals surface area contributed by atoms with Crippen LogP contribution in [0.2, 0.25) is 0 Å². The number of amides is 1. The fraction of sp³-hybridized carbons (Fsp3) is 0.706. The van der Waals surface area contributed by atoms with Crippen LogP contribution in [0, 0.1) is 19.3 Å². The first-order valence-corrected chi connectivity index (χ1v) is 8.38. The molecule has 6 heteroatoms. The monoisotopic (exact) mass is 318 g/mol. The maximum absolute atomic E-state index is 12.9. The zero-order valence-electron chi connectivity index (χ0n) is 14.2. The van der Waals surface area contributed by atoms with Gasteiger partial charge in [-0.25, -0.2) is 9.97 Å². The summed E-state index contributed by atoms with van der Waals surface area (Å²) in [6, 6.07) is 1.75. The Hall–Kier alpha value is -1.53. The second kappa shape index (κ2) is 6.17. The summed E-state index contributed by atoms with van der Waals surface area (Å²) in [6.45, 7) is 6.80. The molecule has 1 amide bonds. The molecule has 23 heavy (non-hydrogen) atoms. The highest BCUT2D eigenvalue weighted by Crippen LogP contribution is 2.38. The second-order valence-corrected chi connectivity index (χ2v) is 7.18. The molecule has 0 unspecified atom stereocenters. The molecule has 0 saturated carbocycles. The van der Waals surface area contributed by atoms with Crippen molar-refractivity contribution in [3.8, 4) is 0 Å². The maximum atomic E-state index is 12.9. The minimum Gasteiger partial charge on any atom is -0.392 e. The van der Waals surface area contributed by atoms with Crippen LogP contribution in [0.5, 0.6) is 0 Å². The van der Waals surface area contributed by atoms with Crippen molar-refractivity contribution in [1.29, 1.82) is 0 Å². The van der Waals surface area contributed by atoms with Crippen LogP contribution in [0.3, 0.4) is 0 Å². The Morgan fingerprint density at radius 3 is 2.83 bits per heavy atom. The molecule has 0 aromatic carbocycles. The number of nitrogens with zero attached hydrogens (tertiary/aromatic N) is 4. The maximum Gasteiger partial charge on any atom is 0.272 e. The number of aliphatic hydroxyl groups is 1. The van der Waals surface area contributed by atoms with Crippen LogP contribution in [0.1, 0.15) is 41.3 Å². The Kier molecular flexibility index (Phi) is 4.38. The summed E-state index contributed by atoms with van der Waals surface area (Å²) in [4.78, 5) is 25.5. The molecule has 2 saturated heterocycles. The Labute approximate surface area is 137 Å². The molecule has 1 spiro atoms. The third-order valence-electron chi connectivity index (χ3n) is 5.16. The first kappa shape index (κ1) is 16.3. The number of hydrogen-bond donors (Lipinski definition) is 1. The number of carbonyl (C=O) groups excluding carboxylic acids is 1. The van der Waals surface area contributed by atoms with Gasteiger partial charge in [0, 0.05) is 37.3 Å². The third kappa shape index (κ3) is 3.23. The fourth-order valence-corrected chi connectivity index (χ4v) is 4.09. The Morgan fingerprint density at radius 2 is 2.09 bits per heavy atom. The summed E-state index contributed by atoms with van der Waals surface area (Å²) in [5.74, 6) is 0.579. The van der Waals surface area contributed by atoms with Crippen molar-refractivity contribution in [2.75, 3.05) is 33.2 Å². The van der Waals surface area contributed by atoms with Crippen LogP contribution in [0.25, 0.3) is 0 Å². The highest BCUT2D eigenvalue weighted by molar-refractivity contribution is 5.92. The molecule has 6 nitrogen and oxygen atoms in total. The van der Waals surface area contributed by atoms with Gasteiger partial charge in [0.05, 0.1) is 6.10 Å². The molecule has 0 bridgehead atoms. The van der Waals surface area contributed by atoms with Gasteiger partial charge >= 0.3 is 0 Å². The summed E-state index contributed by atoms with van der Waals surface area (Å²) in [6.07, 6.45) is 2.36. The van der Waals surface area contributed by atoms with E-state index in [4.69, 9.17) is 0 Å². The number of piperidine rings is 2. The van der Waals surface area contributed by atoms with Crippen LogP contribution in [0.15, 0.2) is 6.07 Å². The molecule has 0 aliphatic carbocycles. The molecular formula is C17H26N4O2. The van der Waals surface area contributed by atoms with E-state index in [1.807, 2.05) is 11.8 Å². The number of aromatic nitrogens is 2. The van der Waals surface area contributed by atoms with Gasteiger partial charge in [0.1, 0.15) is 11.5 Å². The first-order valence-electron chi connectivity index (χ1n) is 8.38. The van der Waals surface area contributed by atoms with Crippen molar-refractivity contribution >= 4 is 5.91 Å². The molecule has 3 rings (SSSR count). The summed E-state index contributed by atoms with van der Waals surface area (Å²) in [5.41, 5.74) is 1.08. The fourth-order valence-electron chi connectivity index (χ4n) is 4.09. The summed E-state index contributed by atoms with van der Waals surface area (Å²) >= 11 is 0. The molecule has 2 fully saturated rings. The van der Waals surface area contributed by atoms with Crippen molar-refractivity contribution in [3.63, 3.8) is 0 Å². The summed E-state index contributed by atoms with van der Waals surface area (Å²) in [5, 5.41) is 10.6. The van der Waals surface area contributed by atoms with Crippen LogP contribution in [-0.2, 0) is 0 Å². The van der Waals surface area contributed by atoms with Crippen LogP contribution in [0.4, 0.5) is 0 Å². The quantitative estimate of drug-likeness (QED) is 0.837. The molecular weight excluding hydrogens is 292 g/mol. The van der Waals surface area contributed by atoms with Gasteiger partial charge < -0.3 is 14.9 Å². The van der Waals surface area contributed by atoms with E-state index in [1.165, 1.54) is 0 Å². The normalized spacial score (nSPS) is 29.0. The molecule has 2 aliphatic heterocycles. The highest BCUT2D eigenvalue weighted by Gasteiger charge is 2.45. The predicted molar refractivity (Wildman–Crippen MR) is 87.2 cm³/mol. The first-order chi connectivity index (χ1) is 10.9. The Bertz CT molecular complexity index is 586. The number of hydrogen-bond acceptors (Lipinski definition) is 5. The van der Waals surface area contributed by atoms with Crippen molar-refractivity contribution in [2.45, 2.75) is 39.2 Å². The standard InChI is InChI=1S/C17H26N4O2/c1-12-9-14(19-13(2)18-12)16(23)21-7-4-6-17(11-21)10-20(3)8-5-15(17)22/h9,15,22H,4-8,10-11H2,1-3H3/t15-,17-/m0/s1. The molecule has 3 heterocycles. The second-order valence-electron chi connectivity index (χ2n) is 7.18. The van der Waals surface area contributed by atoms with E-state index in [0.717, 1.165) is 44.6 Å². The van der Waals surface area contributed by atoms with Gasteiger partial charge in [-0.15, -0.1) is 0 Å². The molecule has 2 aliphatic rings. The van der Waals surface area contributed by atoms with Gasteiger partial charge in [0.2, 0.25) is 0 Å². The van der Waals surface area contributed by atoms with Gasteiger partial charge in [0.25, 0.3) is 5.91 Å². The van der Waals surface area contributed by atoms with E-state index in [1.54, 1.807) is 13.0 Å². The minimum atomic E-state index is -0.330. The predicted octanol–water partition coefficient (Wildman–Crippen LogP) is 1.01. The number of aryl methyl sites for hydroxylation is 2. The summed E-state index contributed by atoms with van der Waals surface area (Å²) < 4.78 is 0. The number of likely N-dealkylation sites (tertiary alicyclic amines) is 2. The minimum absolute atomic E-state index is 0.0434. The van der Waals surface area contributed by atoms with E-state index in [0.29, 0.717) is 18.1 Å². The van der Waals surface area contributed by atoms with E-state index >= 15 is 0 Å². The zero-order valence-corrected chi connectivity index (χ0v) is 14.2. The van der Waals surface area contributed by atoms with Crippen LogP contribution in [-0.4, -0.2) is 70.1 Å². The summed E-state index contributed by atoms with van der Waals surface area (Å²) in [7, 11) is 2.09.